The van der Waals surface area contributed by atoms with E-state index in [0.717, 1.165) is 5.69 Å². The molecule has 0 unspecified atom stereocenters. The lowest BCUT2D eigenvalue weighted by Crippen LogP contribution is -2.27. The number of amides is 1. The maximum atomic E-state index is 13.5. The lowest BCUT2D eigenvalue weighted by atomic mass is 10.1. The van der Waals surface area contributed by atoms with E-state index in [1.807, 2.05) is 6.07 Å². The maximum absolute atomic E-state index is 13.5. The van der Waals surface area contributed by atoms with Crippen molar-refractivity contribution in [2.75, 3.05) is 32.1 Å². The van der Waals surface area contributed by atoms with E-state index < -0.39 is 0 Å². The summed E-state index contributed by atoms with van der Waals surface area (Å²) in [5, 5.41) is 5.86. The van der Waals surface area contributed by atoms with Crippen molar-refractivity contribution in [3.8, 4) is 0 Å². The summed E-state index contributed by atoms with van der Waals surface area (Å²) in [6.07, 6.45) is 2.17. The molecular formula is C17H20FN3O2. The summed E-state index contributed by atoms with van der Waals surface area (Å²) in [5.41, 5.74) is 1.80. The molecule has 23 heavy (non-hydrogen) atoms. The van der Waals surface area contributed by atoms with Gasteiger partial charge in [-0.3, -0.25) is 4.79 Å². The summed E-state index contributed by atoms with van der Waals surface area (Å²) in [7, 11) is 1.58. The Labute approximate surface area is 134 Å². The molecule has 122 valence electrons. The van der Waals surface area contributed by atoms with E-state index in [1.54, 1.807) is 37.6 Å². The fourth-order valence-electron chi connectivity index (χ4n) is 2.03. The van der Waals surface area contributed by atoms with Crippen LogP contribution in [0.2, 0.25) is 0 Å². The van der Waals surface area contributed by atoms with Crippen LogP contribution in [0.4, 0.5) is 10.1 Å². The standard InChI is InChI=1S/C17H20FN3O2/c1-23-11-10-20-17(22)16-7-6-14(12-21-16)19-9-8-13-4-2-3-5-15(13)18/h2-7,12,19H,8-11H2,1H3,(H,20,22). The normalized spacial score (nSPS) is 10.3. The van der Waals surface area contributed by atoms with Crippen molar-refractivity contribution in [1.82, 2.24) is 10.3 Å². The molecule has 0 bridgehead atoms. The van der Waals surface area contributed by atoms with Crippen molar-refractivity contribution in [3.05, 3.63) is 59.7 Å². The number of halogens is 1. The Balaban J connectivity index is 1.81. The molecular weight excluding hydrogens is 297 g/mol. The smallest absolute Gasteiger partial charge is 0.269 e. The molecule has 6 heteroatoms. The second-order valence-corrected chi connectivity index (χ2v) is 4.95. The first-order valence-corrected chi connectivity index (χ1v) is 7.41. The fraction of sp³-hybridized carbons (Fsp3) is 0.294. The third-order valence-corrected chi connectivity index (χ3v) is 3.27. The molecule has 0 aliphatic heterocycles. The van der Waals surface area contributed by atoms with Crippen LogP contribution in [0, 0.1) is 5.82 Å². The highest BCUT2D eigenvalue weighted by Gasteiger charge is 2.06. The van der Waals surface area contributed by atoms with Crippen LogP contribution in [0.5, 0.6) is 0 Å². The predicted molar refractivity (Wildman–Crippen MR) is 87.0 cm³/mol. The van der Waals surface area contributed by atoms with Crippen LogP contribution < -0.4 is 10.6 Å². The third kappa shape index (κ3) is 5.34. The van der Waals surface area contributed by atoms with Gasteiger partial charge in [-0.2, -0.15) is 0 Å². The van der Waals surface area contributed by atoms with E-state index in [0.29, 0.717) is 37.4 Å². The summed E-state index contributed by atoms with van der Waals surface area (Å²) in [4.78, 5) is 15.9. The second-order valence-electron chi connectivity index (χ2n) is 4.95. The molecule has 1 aromatic heterocycles. The number of carbonyl (C=O) groups excluding carboxylic acids is 1. The number of hydrogen-bond donors (Lipinski definition) is 2. The van der Waals surface area contributed by atoms with Gasteiger partial charge in [0, 0.05) is 20.2 Å². The molecule has 0 aliphatic carbocycles. The average Bonchev–Trinajstić information content (AvgIpc) is 2.57. The number of nitrogens with one attached hydrogen (secondary N) is 2. The van der Waals surface area contributed by atoms with Crippen LogP contribution in [0.15, 0.2) is 42.6 Å². The van der Waals surface area contributed by atoms with Gasteiger partial charge in [-0.1, -0.05) is 18.2 Å². The Morgan fingerprint density at radius 3 is 2.74 bits per heavy atom. The number of pyridine rings is 1. The largest absolute Gasteiger partial charge is 0.383 e. The number of rotatable bonds is 8. The number of carbonyl (C=O) groups is 1. The van der Waals surface area contributed by atoms with Gasteiger partial charge in [0.25, 0.3) is 5.91 Å². The highest BCUT2D eigenvalue weighted by molar-refractivity contribution is 5.92. The number of ether oxygens (including phenoxy) is 1. The molecule has 2 rings (SSSR count). The topological polar surface area (TPSA) is 63.2 Å². The Morgan fingerprint density at radius 1 is 1.22 bits per heavy atom. The predicted octanol–water partition coefficient (Wildman–Crippen LogP) is 2.25. The number of methoxy groups -OCH3 is 1. The molecule has 1 aromatic carbocycles. The number of aromatic nitrogens is 1. The van der Waals surface area contributed by atoms with Crippen molar-refractivity contribution in [2.24, 2.45) is 0 Å². The van der Waals surface area contributed by atoms with E-state index in [2.05, 4.69) is 15.6 Å². The van der Waals surface area contributed by atoms with Gasteiger partial charge >= 0.3 is 0 Å². The highest BCUT2D eigenvalue weighted by atomic mass is 19.1. The zero-order valence-electron chi connectivity index (χ0n) is 13.0. The number of nitrogens with zero attached hydrogens (tertiary/aromatic N) is 1. The van der Waals surface area contributed by atoms with Crippen molar-refractivity contribution in [1.29, 1.82) is 0 Å². The molecule has 0 saturated heterocycles. The minimum Gasteiger partial charge on any atom is -0.383 e. The lowest BCUT2D eigenvalue weighted by molar-refractivity contribution is 0.0932. The van der Waals surface area contributed by atoms with Gasteiger partial charge in [0.2, 0.25) is 0 Å². The van der Waals surface area contributed by atoms with Gasteiger partial charge in [-0.15, -0.1) is 0 Å². The van der Waals surface area contributed by atoms with Crippen LogP contribution in [-0.2, 0) is 11.2 Å². The Morgan fingerprint density at radius 2 is 2.04 bits per heavy atom. The molecule has 1 amide bonds. The molecule has 2 aromatic rings. The lowest BCUT2D eigenvalue weighted by Gasteiger charge is -2.08. The van der Waals surface area contributed by atoms with E-state index in [9.17, 15) is 9.18 Å². The fourth-order valence-corrected chi connectivity index (χ4v) is 2.03. The molecule has 0 fully saturated rings. The molecule has 0 radical (unpaired) electrons. The molecule has 2 N–H and O–H groups in total. The zero-order valence-corrected chi connectivity index (χ0v) is 13.0. The number of anilines is 1. The van der Waals surface area contributed by atoms with Crippen LogP contribution in [-0.4, -0.2) is 37.7 Å². The van der Waals surface area contributed by atoms with E-state index >= 15 is 0 Å². The molecule has 0 aliphatic rings. The van der Waals surface area contributed by atoms with E-state index in [4.69, 9.17) is 4.74 Å². The average molecular weight is 317 g/mol. The van der Waals surface area contributed by atoms with Crippen LogP contribution in [0.3, 0.4) is 0 Å². The van der Waals surface area contributed by atoms with E-state index in [-0.39, 0.29) is 11.7 Å². The van der Waals surface area contributed by atoms with Crippen molar-refractivity contribution in [2.45, 2.75) is 6.42 Å². The summed E-state index contributed by atoms with van der Waals surface area (Å²) in [5.74, 6) is -0.435. The summed E-state index contributed by atoms with van der Waals surface area (Å²) in [6, 6.07) is 10.1. The van der Waals surface area contributed by atoms with Gasteiger partial charge in [-0.25, -0.2) is 9.37 Å². The van der Waals surface area contributed by atoms with Crippen molar-refractivity contribution in [3.63, 3.8) is 0 Å². The molecule has 0 spiro atoms. The zero-order chi connectivity index (χ0) is 16.5. The third-order valence-electron chi connectivity index (χ3n) is 3.27. The number of benzene rings is 1. The van der Waals surface area contributed by atoms with Crippen molar-refractivity contribution >= 4 is 11.6 Å². The highest BCUT2D eigenvalue weighted by Crippen LogP contribution is 2.09. The summed E-state index contributed by atoms with van der Waals surface area (Å²) >= 11 is 0. The van der Waals surface area contributed by atoms with Gasteiger partial charge in [0.05, 0.1) is 18.5 Å². The van der Waals surface area contributed by atoms with Crippen LogP contribution >= 0.6 is 0 Å². The second kappa shape index (κ2) is 8.85. The first kappa shape index (κ1) is 16.9. The first-order chi connectivity index (χ1) is 11.2. The quantitative estimate of drug-likeness (QED) is 0.733. The van der Waals surface area contributed by atoms with Crippen LogP contribution in [0.25, 0.3) is 0 Å². The van der Waals surface area contributed by atoms with Gasteiger partial charge in [-0.05, 0) is 30.2 Å². The molecule has 5 nitrogen and oxygen atoms in total. The Bertz CT molecular complexity index is 632. The summed E-state index contributed by atoms with van der Waals surface area (Å²) in [6.45, 7) is 1.49. The van der Waals surface area contributed by atoms with Gasteiger partial charge in [0.15, 0.2) is 0 Å². The molecule has 0 saturated carbocycles. The molecule has 0 atom stereocenters. The Hall–Kier alpha value is -2.47. The minimum absolute atomic E-state index is 0.199. The van der Waals surface area contributed by atoms with Gasteiger partial charge < -0.3 is 15.4 Å². The van der Waals surface area contributed by atoms with Crippen LogP contribution in [0.1, 0.15) is 16.1 Å². The minimum atomic E-state index is -0.236. The first-order valence-electron chi connectivity index (χ1n) is 7.41. The summed E-state index contributed by atoms with van der Waals surface area (Å²) < 4.78 is 18.4. The Kier molecular flexibility index (Phi) is 6.50. The number of hydrogen-bond acceptors (Lipinski definition) is 4. The van der Waals surface area contributed by atoms with Gasteiger partial charge in [0.1, 0.15) is 11.5 Å². The monoisotopic (exact) mass is 317 g/mol. The van der Waals surface area contributed by atoms with E-state index in [1.165, 1.54) is 6.07 Å². The molecule has 1 heterocycles. The SMILES string of the molecule is COCCNC(=O)c1ccc(NCCc2ccccc2F)cn1. The van der Waals surface area contributed by atoms with Crippen molar-refractivity contribution < 1.29 is 13.9 Å². The maximum Gasteiger partial charge on any atom is 0.269 e.